The fourth-order valence-corrected chi connectivity index (χ4v) is 10.7. The van der Waals surface area contributed by atoms with E-state index in [-0.39, 0.29) is 60.3 Å². The van der Waals surface area contributed by atoms with Crippen molar-refractivity contribution >= 4 is 120 Å². The predicted molar refractivity (Wildman–Crippen MR) is 306 cm³/mol. The Morgan fingerprint density at radius 1 is 0.662 bits per heavy atom. The van der Waals surface area contributed by atoms with E-state index in [0.717, 1.165) is 87.5 Å². The van der Waals surface area contributed by atoms with E-state index in [0.29, 0.717) is 37.3 Å². The Bertz CT molecular complexity index is 2320. The van der Waals surface area contributed by atoms with Crippen LogP contribution in [0.25, 0.3) is 23.3 Å². The van der Waals surface area contributed by atoms with Crippen molar-refractivity contribution in [1.29, 1.82) is 0 Å². The molecule has 4 heterocycles. The van der Waals surface area contributed by atoms with E-state index >= 15 is 0 Å². The van der Waals surface area contributed by atoms with Crippen molar-refractivity contribution in [2.45, 2.75) is 105 Å². The zero-order chi connectivity index (χ0) is 46.9. The number of anilines is 2. The summed E-state index contributed by atoms with van der Waals surface area (Å²) < 4.78 is 10.9. The molecule has 4 aromatic rings. The zero-order valence-corrected chi connectivity index (χ0v) is 48.4. The molecule has 10 rings (SSSR count). The van der Waals surface area contributed by atoms with E-state index in [1.54, 1.807) is 9.80 Å². The highest BCUT2D eigenvalue weighted by molar-refractivity contribution is 15.0. The summed E-state index contributed by atoms with van der Waals surface area (Å²) in [6.45, 7) is 19.4. The fraction of sp³-hybridized carbons (Fsp3) is 0.538. The van der Waals surface area contributed by atoms with Gasteiger partial charge in [0.15, 0.2) is 0 Å². The second-order valence-electron chi connectivity index (χ2n) is 20.6. The highest BCUT2D eigenvalue weighted by Crippen LogP contribution is 2.42. The number of aromatic amines is 2. The van der Waals surface area contributed by atoms with Crippen LogP contribution >= 0.6 is 73.6 Å². The van der Waals surface area contributed by atoms with Crippen molar-refractivity contribution < 1.29 is 19.1 Å². The average molecular weight is 1290 g/mol. The summed E-state index contributed by atoms with van der Waals surface area (Å²) in [5.74, 6) is 0.254. The summed E-state index contributed by atoms with van der Waals surface area (Å²) in [6, 6.07) is 12.5. The number of benzene rings is 2. The molecule has 12 nitrogen and oxygen atoms in total. The summed E-state index contributed by atoms with van der Waals surface area (Å²) in [5.41, 5.74) is 17.8. The highest BCUT2D eigenvalue weighted by Gasteiger charge is 2.34. The number of fused-ring (bicyclic) bond motifs is 4. The van der Waals surface area contributed by atoms with Crippen molar-refractivity contribution in [1.82, 2.24) is 30.2 Å². The van der Waals surface area contributed by atoms with Gasteiger partial charge in [-0.05, 0) is 133 Å². The number of morpholine rings is 2. The van der Waals surface area contributed by atoms with Crippen LogP contribution in [0, 0.1) is 10.8 Å². The maximum atomic E-state index is 13.1. The lowest BCUT2D eigenvalue weighted by Crippen LogP contribution is -2.50. The lowest BCUT2D eigenvalue weighted by molar-refractivity contribution is -0.125. The Morgan fingerprint density at radius 2 is 1.03 bits per heavy atom. The molecule has 370 valence electrons. The number of amides is 2. The second kappa shape index (κ2) is 23.4. The van der Waals surface area contributed by atoms with Crippen LogP contribution in [-0.4, -0.2) is 121 Å². The van der Waals surface area contributed by atoms with Gasteiger partial charge in [-0.1, -0.05) is 39.8 Å². The first kappa shape index (κ1) is 54.9. The number of hydrogen-bond donors (Lipinski definition) is 2. The van der Waals surface area contributed by atoms with Gasteiger partial charge in [0.25, 0.3) is 0 Å². The predicted octanol–water partition coefficient (Wildman–Crippen LogP) is 10.2. The molecule has 16 heteroatoms. The Labute approximate surface area is 450 Å². The largest absolute Gasteiger partial charge is 0.379 e. The van der Waals surface area contributed by atoms with E-state index < -0.39 is 0 Å². The summed E-state index contributed by atoms with van der Waals surface area (Å²) in [5, 5.41) is 16.1. The minimum Gasteiger partial charge on any atom is -0.379 e. The topological polar surface area (TPSA) is 123 Å². The van der Waals surface area contributed by atoms with Crippen molar-refractivity contribution in [2.75, 3.05) is 76.5 Å². The van der Waals surface area contributed by atoms with Gasteiger partial charge in [0, 0.05) is 124 Å². The molecular weight excluding hydrogens is 1220 g/mol. The monoisotopic (exact) mass is 1290 g/mol. The lowest BCUT2D eigenvalue weighted by Gasteiger charge is -2.33. The Balaban J connectivity index is 0.000000210. The first-order chi connectivity index (χ1) is 31.6. The van der Waals surface area contributed by atoms with Gasteiger partial charge in [-0.15, -0.1) is 36.4 Å². The van der Waals surface area contributed by atoms with Gasteiger partial charge in [0.1, 0.15) is 0 Å². The van der Waals surface area contributed by atoms with Crippen LogP contribution < -0.4 is 9.80 Å². The molecule has 0 spiro atoms. The minimum atomic E-state index is -0.148. The summed E-state index contributed by atoms with van der Waals surface area (Å²) in [7, 11) is 3.77. The van der Waals surface area contributed by atoms with Crippen LogP contribution in [0.3, 0.4) is 0 Å². The molecule has 2 fully saturated rings. The number of allylic oxidation sites excluding steroid dienone is 2. The smallest absolute Gasteiger partial charge is 0.243 e. The molecule has 6 aliphatic rings. The number of rotatable bonds is 8. The molecule has 2 aliphatic heterocycles. The third-order valence-corrected chi connectivity index (χ3v) is 14.9. The van der Waals surface area contributed by atoms with Gasteiger partial charge in [-0.25, -0.2) is 0 Å². The van der Waals surface area contributed by atoms with Gasteiger partial charge in [-0.3, -0.25) is 29.6 Å². The summed E-state index contributed by atoms with van der Waals surface area (Å²) >= 11 is 4.24. The summed E-state index contributed by atoms with van der Waals surface area (Å²) in [4.78, 5) is 34.3. The molecule has 0 radical (unpaired) electrons. The Hall–Kier alpha value is -2.40. The second-order valence-corrected chi connectivity index (χ2v) is 20.6. The average Bonchev–Trinajstić information content (AvgIpc) is 4.14. The van der Waals surface area contributed by atoms with Crippen LogP contribution in [0.4, 0.5) is 11.4 Å². The number of aromatic nitrogens is 4. The van der Waals surface area contributed by atoms with E-state index in [4.69, 9.17) is 19.7 Å². The molecule has 2 aromatic heterocycles. The number of hydrogen-bond acceptors (Lipinski definition) is 8. The Morgan fingerprint density at radius 3 is 1.40 bits per heavy atom. The maximum absolute atomic E-state index is 13.1. The number of H-pyrrole nitrogens is 2. The van der Waals surface area contributed by atoms with Crippen molar-refractivity contribution in [2.24, 2.45) is 10.8 Å². The molecule has 2 amide bonds. The number of carbonyl (C=O) groups is 2. The van der Waals surface area contributed by atoms with E-state index in [2.05, 4.69) is 133 Å². The normalized spacial score (nSPS) is 19.8. The number of nitrogens with zero attached hydrogens (tertiary/aromatic N) is 6. The lowest BCUT2D eigenvalue weighted by atomic mass is 9.76. The molecule has 2 N–H and O–H groups in total. The molecule has 0 bridgehead atoms. The molecular formula is C52H70ClI3N8O4. The van der Waals surface area contributed by atoms with E-state index in [1.807, 2.05) is 27.9 Å². The quantitative estimate of drug-likeness (QED) is 0.167. The van der Waals surface area contributed by atoms with Gasteiger partial charge in [0.05, 0.1) is 49.9 Å². The third-order valence-electron chi connectivity index (χ3n) is 14.9. The Kier molecular flexibility index (Phi) is 18.9. The van der Waals surface area contributed by atoms with Crippen LogP contribution in [0.15, 0.2) is 36.4 Å². The third kappa shape index (κ3) is 12.1. The fourth-order valence-electron chi connectivity index (χ4n) is 10.7. The molecule has 2 atom stereocenters. The number of ether oxygens (including phenoxy) is 2. The maximum Gasteiger partial charge on any atom is 0.243 e. The zero-order valence-electron chi connectivity index (χ0n) is 41.0. The molecule has 0 saturated carbocycles. The highest BCUT2D eigenvalue weighted by atomic mass is 128. The van der Waals surface area contributed by atoms with E-state index in [1.165, 1.54) is 68.8 Å². The van der Waals surface area contributed by atoms with Crippen molar-refractivity contribution in [3.8, 4) is 0 Å². The standard InChI is InChI=1S/2C26H34N4O2.ClH.I2.HI/c2*1-17(30-9-11-32-12-10-30)25(31)29(4)21-6-5-18-13-20(14-19(18)15-21)24-22-7-8-26(2,3)16-23(22)27-28-24;;1-2;/h2*5-6,13,15,17H,7-12,14,16H2,1-4H3,(H,27,28);1H;;1H/t2*17-;;;/m00.../s1. The van der Waals surface area contributed by atoms with Crippen LogP contribution in [-0.2, 0) is 57.6 Å². The van der Waals surface area contributed by atoms with Crippen LogP contribution in [0.2, 0.25) is 0 Å². The number of halogens is 4. The van der Waals surface area contributed by atoms with Crippen LogP contribution in [0.1, 0.15) is 111 Å². The summed E-state index contributed by atoms with van der Waals surface area (Å²) in [6.07, 6.45) is 13.0. The number of likely N-dealkylation sites (N-methyl/N-ethyl adjacent to an activating group) is 2. The molecule has 2 saturated heterocycles. The van der Waals surface area contributed by atoms with Crippen molar-refractivity contribution in [3.05, 3.63) is 92.6 Å². The number of nitrogens with one attached hydrogen (secondary N) is 2. The van der Waals surface area contributed by atoms with E-state index in [9.17, 15) is 9.59 Å². The first-order valence-corrected chi connectivity index (χ1v) is 30.1. The minimum absolute atomic E-state index is 0. The van der Waals surface area contributed by atoms with Gasteiger partial charge in [0.2, 0.25) is 11.8 Å². The molecule has 4 aliphatic carbocycles. The first-order valence-electron chi connectivity index (χ1n) is 23.8. The van der Waals surface area contributed by atoms with Gasteiger partial charge >= 0.3 is 0 Å². The number of carbonyl (C=O) groups excluding carboxylic acids is 2. The SMILES string of the molecule is C[C@@H](C(=O)N(C)c1ccc2c(c1)CC(c1n[nH]c3c1CCC(C)(C)C3)=C2)N1CCOCC1.C[C@@H](C(=O)N(C)c1ccc2c(c1)CC(c1n[nH]c3c1CCC(C)(C)C3)=C2)N1CCOCC1.Cl.I.II. The van der Waals surface area contributed by atoms with Gasteiger partial charge in [-0.2, -0.15) is 10.2 Å². The molecule has 2 aromatic carbocycles. The molecule has 0 unspecified atom stereocenters. The van der Waals surface area contributed by atoms with Crippen LogP contribution in [0.5, 0.6) is 0 Å². The van der Waals surface area contributed by atoms with Crippen molar-refractivity contribution in [3.63, 3.8) is 0 Å². The van der Waals surface area contributed by atoms with Gasteiger partial charge < -0.3 is 19.3 Å². The molecule has 68 heavy (non-hydrogen) atoms.